The maximum Gasteiger partial charge on any atom is 0.324 e. The van der Waals surface area contributed by atoms with Gasteiger partial charge in [0.05, 0.1) is 5.60 Å². The van der Waals surface area contributed by atoms with Gasteiger partial charge in [-0.3, -0.25) is 9.69 Å². The molecule has 2 unspecified atom stereocenters. The number of carbonyl (C=O) groups is 1. The summed E-state index contributed by atoms with van der Waals surface area (Å²) in [5.74, 6) is -0.777. The van der Waals surface area contributed by atoms with Crippen LogP contribution in [0.25, 0.3) is 0 Å². The zero-order chi connectivity index (χ0) is 14.8. The molecular weight excluding hydrogens is 254 g/mol. The van der Waals surface area contributed by atoms with Crippen molar-refractivity contribution in [3.05, 3.63) is 35.9 Å². The predicted octanol–water partition coefficient (Wildman–Crippen LogP) is 2.22. The van der Waals surface area contributed by atoms with Crippen LogP contribution in [-0.2, 0) is 10.4 Å². The number of carboxylic acids is 1. The number of likely N-dealkylation sites (tertiary alicyclic amines) is 1. The quantitative estimate of drug-likeness (QED) is 0.866. The number of aliphatic carboxylic acids is 1. The van der Waals surface area contributed by atoms with Crippen molar-refractivity contribution in [2.75, 3.05) is 13.1 Å². The molecule has 1 aromatic carbocycles. The van der Waals surface area contributed by atoms with Gasteiger partial charge in [0, 0.05) is 6.54 Å². The summed E-state index contributed by atoms with van der Waals surface area (Å²) in [6.07, 6.45) is 2.09. The predicted molar refractivity (Wildman–Crippen MR) is 77.5 cm³/mol. The molecule has 2 atom stereocenters. The molecule has 1 fully saturated rings. The molecule has 0 saturated carbocycles. The Morgan fingerprint density at radius 1 is 1.40 bits per heavy atom. The van der Waals surface area contributed by atoms with E-state index in [-0.39, 0.29) is 0 Å². The molecule has 0 aliphatic carbocycles. The van der Waals surface area contributed by atoms with Crippen LogP contribution in [0.2, 0.25) is 0 Å². The van der Waals surface area contributed by atoms with E-state index in [1.807, 2.05) is 42.2 Å². The Labute approximate surface area is 120 Å². The van der Waals surface area contributed by atoms with Crippen molar-refractivity contribution in [1.82, 2.24) is 4.90 Å². The minimum atomic E-state index is -1.04. The number of aliphatic hydroxyl groups is 1. The summed E-state index contributed by atoms with van der Waals surface area (Å²) in [6, 6.07) is 9.44. The lowest BCUT2D eigenvalue weighted by Crippen LogP contribution is -2.54. The van der Waals surface area contributed by atoms with Crippen LogP contribution in [-0.4, -0.2) is 39.7 Å². The molecule has 0 amide bonds. The first kappa shape index (κ1) is 15.0. The summed E-state index contributed by atoms with van der Waals surface area (Å²) in [7, 11) is 0. The van der Waals surface area contributed by atoms with Crippen molar-refractivity contribution in [2.45, 2.75) is 44.2 Å². The first-order chi connectivity index (χ1) is 9.42. The summed E-state index contributed by atoms with van der Waals surface area (Å²) in [4.78, 5) is 13.6. The van der Waals surface area contributed by atoms with Gasteiger partial charge in [0.25, 0.3) is 0 Å². The fourth-order valence-electron chi connectivity index (χ4n) is 3.22. The monoisotopic (exact) mass is 277 g/mol. The van der Waals surface area contributed by atoms with Gasteiger partial charge in [-0.1, -0.05) is 37.3 Å². The Hall–Kier alpha value is -1.39. The number of benzene rings is 1. The van der Waals surface area contributed by atoms with E-state index in [2.05, 4.69) is 0 Å². The third-order valence-electron chi connectivity index (χ3n) is 4.50. The normalized spacial score (nSPS) is 26.4. The molecule has 20 heavy (non-hydrogen) atoms. The average Bonchev–Trinajstić information content (AvgIpc) is 2.83. The van der Waals surface area contributed by atoms with Gasteiger partial charge in [-0.15, -0.1) is 0 Å². The second kappa shape index (κ2) is 5.54. The molecule has 4 heteroatoms. The smallest absolute Gasteiger partial charge is 0.324 e. The third-order valence-corrected chi connectivity index (χ3v) is 4.50. The number of nitrogens with zero attached hydrogens (tertiary/aromatic N) is 1. The van der Waals surface area contributed by atoms with Crippen molar-refractivity contribution < 1.29 is 15.0 Å². The van der Waals surface area contributed by atoms with Gasteiger partial charge in [-0.25, -0.2) is 0 Å². The fourth-order valence-corrected chi connectivity index (χ4v) is 3.22. The van der Waals surface area contributed by atoms with Crippen molar-refractivity contribution in [2.24, 2.45) is 0 Å². The SMILES string of the molecule is CCC1(C(=O)O)CCCN1CC(C)(O)c1ccccc1. The molecule has 1 aromatic rings. The molecule has 1 saturated heterocycles. The lowest BCUT2D eigenvalue weighted by molar-refractivity contribution is -0.152. The topological polar surface area (TPSA) is 60.8 Å². The highest BCUT2D eigenvalue weighted by Crippen LogP contribution is 2.35. The minimum Gasteiger partial charge on any atom is -0.480 e. The number of rotatable bonds is 5. The first-order valence-electron chi connectivity index (χ1n) is 7.19. The van der Waals surface area contributed by atoms with Crippen molar-refractivity contribution in [1.29, 1.82) is 0 Å². The lowest BCUT2D eigenvalue weighted by Gasteiger charge is -2.38. The number of hydrogen-bond acceptors (Lipinski definition) is 3. The molecule has 2 rings (SSSR count). The van der Waals surface area contributed by atoms with E-state index in [4.69, 9.17) is 0 Å². The second-order valence-corrected chi connectivity index (χ2v) is 5.86. The van der Waals surface area contributed by atoms with Crippen LogP contribution >= 0.6 is 0 Å². The first-order valence-corrected chi connectivity index (χ1v) is 7.19. The molecule has 2 N–H and O–H groups in total. The van der Waals surface area contributed by atoms with Crippen LogP contribution in [0.3, 0.4) is 0 Å². The highest BCUT2D eigenvalue weighted by Gasteiger charge is 2.48. The van der Waals surface area contributed by atoms with Gasteiger partial charge in [0.1, 0.15) is 5.54 Å². The highest BCUT2D eigenvalue weighted by molar-refractivity contribution is 5.79. The molecule has 1 aliphatic rings. The standard InChI is InChI=1S/C16H23NO3/c1-3-16(14(18)19)10-7-11-17(16)12-15(2,20)13-8-5-4-6-9-13/h4-6,8-9,20H,3,7,10-12H2,1-2H3,(H,18,19). The summed E-state index contributed by atoms with van der Waals surface area (Å²) in [5.41, 5.74) is -1.04. The highest BCUT2D eigenvalue weighted by atomic mass is 16.4. The molecule has 110 valence electrons. The number of hydrogen-bond donors (Lipinski definition) is 2. The van der Waals surface area contributed by atoms with Crippen LogP contribution in [0.4, 0.5) is 0 Å². The van der Waals surface area contributed by atoms with Gasteiger partial charge >= 0.3 is 5.97 Å². The Balaban J connectivity index is 2.22. The maximum absolute atomic E-state index is 11.7. The zero-order valence-electron chi connectivity index (χ0n) is 12.2. The van der Waals surface area contributed by atoms with Crippen LogP contribution in [0.5, 0.6) is 0 Å². The molecule has 4 nitrogen and oxygen atoms in total. The van der Waals surface area contributed by atoms with Gasteiger partial charge in [0.2, 0.25) is 0 Å². The van der Waals surface area contributed by atoms with Gasteiger partial charge in [-0.05, 0) is 38.3 Å². The van der Waals surface area contributed by atoms with E-state index in [1.165, 1.54) is 0 Å². The van der Waals surface area contributed by atoms with E-state index < -0.39 is 17.1 Å². The molecule has 0 aromatic heterocycles. The summed E-state index contributed by atoms with van der Waals surface area (Å²) in [5, 5.41) is 20.3. The molecule has 0 radical (unpaired) electrons. The molecule has 0 spiro atoms. The summed E-state index contributed by atoms with van der Waals surface area (Å²) in [6.45, 7) is 4.73. The second-order valence-electron chi connectivity index (χ2n) is 5.86. The zero-order valence-corrected chi connectivity index (χ0v) is 12.2. The Morgan fingerprint density at radius 2 is 2.05 bits per heavy atom. The lowest BCUT2D eigenvalue weighted by atomic mass is 9.89. The van der Waals surface area contributed by atoms with Crippen LogP contribution in [0.1, 0.15) is 38.7 Å². The molecule has 0 bridgehead atoms. The van der Waals surface area contributed by atoms with Gasteiger partial charge in [-0.2, -0.15) is 0 Å². The van der Waals surface area contributed by atoms with E-state index in [0.717, 1.165) is 18.5 Å². The maximum atomic E-state index is 11.7. The Bertz CT molecular complexity index is 472. The van der Waals surface area contributed by atoms with Crippen LogP contribution in [0.15, 0.2) is 30.3 Å². The van der Waals surface area contributed by atoms with E-state index in [1.54, 1.807) is 6.92 Å². The third kappa shape index (κ3) is 2.58. The van der Waals surface area contributed by atoms with E-state index in [9.17, 15) is 15.0 Å². The largest absolute Gasteiger partial charge is 0.480 e. The van der Waals surface area contributed by atoms with Gasteiger partial charge in [0.15, 0.2) is 0 Å². The average molecular weight is 277 g/mol. The molecule has 1 heterocycles. The van der Waals surface area contributed by atoms with E-state index >= 15 is 0 Å². The van der Waals surface area contributed by atoms with Crippen molar-refractivity contribution in [3.8, 4) is 0 Å². The Morgan fingerprint density at radius 3 is 2.60 bits per heavy atom. The molecule has 1 aliphatic heterocycles. The van der Waals surface area contributed by atoms with Crippen LogP contribution < -0.4 is 0 Å². The van der Waals surface area contributed by atoms with Crippen molar-refractivity contribution >= 4 is 5.97 Å². The van der Waals surface area contributed by atoms with Crippen LogP contribution in [0, 0.1) is 0 Å². The fraction of sp³-hybridized carbons (Fsp3) is 0.562. The summed E-state index contributed by atoms with van der Waals surface area (Å²) >= 11 is 0. The van der Waals surface area contributed by atoms with Gasteiger partial charge < -0.3 is 10.2 Å². The van der Waals surface area contributed by atoms with E-state index in [0.29, 0.717) is 19.4 Å². The molecular formula is C16H23NO3. The Kier molecular flexibility index (Phi) is 4.16. The number of carboxylic acid groups (broad SMARTS) is 1. The summed E-state index contributed by atoms with van der Waals surface area (Å²) < 4.78 is 0. The minimum absolute atomic E-state index is 0.344. The van der Waals surface area contributed by atoms with Crippen molar-refractivity contribution in [3.63, 3.8) is 0 Å². The number of β-amino-alcohol motifs (C(OH)–C–C–N with tert-alkyl or cyclic N) is 1.